The van der Waals surface area contributed by atoms with Crippen molar-refractivity contribution < 1.29 is 19.5 Å². The quantitative estimate of drug-likeness (QED) is 0.709. The lowest BCUT2D eigenvalue weighted by Gasteiger charge is -2.13. The van der Waals surface area contributed by atoms with E-state index >= 15 is 0 Å². The number of carboxylic acids is 1. The molecule has 0 aromatic heterocycles. The second kappa shape index (κ2) is 4.21. The van der Waals surface area contributed by atoms with Crippen molar-refractivity contribution in [1.82, 2.24) is 0 Å². The second-order valence-corrected chi connectivity index (χ2v) is 3.51. The Bertz CT molecular complexity index is 399. The molecule has 0 bridgehead atoms. The molecule has 0 amide bonds. The number of carboxylic acid groups (broad SMARTS) is 1. The van der Waals surface area contributed by atoms with Crippen molar-refractivity contribution in [1.29, 1.82) is 0 Å². The molecule has 0 saturated carbocycles. The van der Waals surface area contributed by atoms with E-state index in [0.29, 0.717) is 16.7 Å². The molecule has 0 heterocycles. The summed E-state index contributed by atoms with van der Waals surface area (Å²) in [4.78, 5) is 33.3. The SMILES string of the molecule is CC1=C(C)C(=O)C(CCC(=O)O)=CC1=O. The van der Waals surface area contributed by atoms with Crippen LogP contribution in [0.3, 0.4) is 0 Å². The molecule has 0 radical (unpaired) electrons. The van der Waals surface area contributed by atoms with E-state index in [1.165, 1.54) is 6.08 Å². The van der Waals surface area contributed by atoms with Gasteiger partial charge in [0.1, 0.15) is 0 Å². The van der Waals surface area contributed by atoms with E-state index in [2.05, 4.69) is 0 Å². The van der Waals surface area contributed by atoms with Gasteiger partial charge in [-0.25, -0.2) is 0 Å². The molecule has 1 rings (SSSR count). The summed E-state index contributed by atoms with van der Waals surface area (Å²) in [6.45, 7) is 3.18. The van der Waals surface area contributed by atoms with E-state index in [-0.39, 0.29) is 24.4 Å². The summed E-state index contributed by atoms with van der Waals surface area (Å²) in [5.74, 6) is -1.39. The lowest BCUT2D eigenvalue weighted by molar-refractivity contribution is -0.137. The Morgan fingerprint density at radius 1 is 1.27 bits per heavy atom. The molecule has 0 atom stereocenters. The molecule has 0 spiro atoms. The van der Waals surface area contributed by atoms with Crippen LogP contribution in [0.5, 0.6) is 0 Å². The van der Waals surface area contributed by atoms with Gasteiger partial charge in [-0.15, -0.1) is 0 Å². The van der Waals surface area contributed by atoms with Gasteiger partial charge in [0.2, 0.25) is 0 Å². The third-order valence-corrected chi connectivity index (χ3v) is 2.48. The smallest absolute Gasteiger partial charge is 0.303 e. The average molecular weight is 208 g/mol. The van der Waals surface area contributed by atoms with Gasteiger partial charge in [0.25, 0.3) is 0 Å². The number of carbonyl (C=O) groups is 3. The van der Waals surface area contributed by atoms with Crippen LogP contribution in [0.4, 0.5) is 0 Å². The molecular formula is C11H12O4. The van der Waals surface area contributed by atoms with Gasteiger partial charge in [-0.1, -0.05) is 0 Å². The van der Waals surface area contributed by atoms with E-state index in [9.17, 15) is 14.4 Å². The van der Waals surface area contributed by atoms with Crippen molar-refractivity contribution in [3.63, 3.8) is 0 Å². The van der Waals surface area contributed by atoms with Crippen LogP contribution in [-0.2, 0) is 14.4 Å². The Kier molecular flexibility index (Phi) is 3.19. The van der Waals surface area contributed by atoms with Crippen molar-refractivity contribution >= 4 is 17.5 Å². The lowest BCUT2D eigenvalue weighted by Crippen LogP contribution is -2.17. The first-order valence-corrected chi connectivity index (χ1v) is 4.62. The molecule has 0 unspecified atom stereocenters. The molecule has 0 saturated heterocycles. The highest BCUT2D eigenvalue weighted by Gasteiger charge is 2.22. The minimum atomic E-state index is -0.972. The predicted octanol–water partition coefficient (Wildman–Crippen LogP) is 1.27. The van der Waals surface area contributed by atoms with E-state index in [1.54, 1.807) is 13.8 Å². The maximum absolute atomic E-state index is 11.6. The molecule has 1 N–H and O–H groups in total. The van der Waals surface area contributed by atoms with Crippen LogP contribution in [0.1, 0.15) is 26.7 Å². The summed E-state index contributed by atoms with van der Waals surface area (Å²) in [6, 6.07) is 0. The van der Waals surface area contributed by atoms with E-state index in [0.717, 1.165) is 0 Å². The summed E-state index contributed by atoms with van der Waals surface area (Å²) in [5, 5.41) is 8.48. The molecule has 4 nitrogen and oxygen atoms in total. The number of rotatable bonds is 3. The molecule has 15 heavy (non-hydrogen) atoms. The molecule has 80 valence electrons. The number of Topliss-reactive ketones (excluding diaryl/α,β-unsaturated/α-hetero) is 1. The van der Waals surface area contributed by atoms with Crippen LogP contribution >= 0.6 is 0 Å². The highest BCUT2D eigenvalue weighted by molar-refractivity contribution is 6.22. The van der Waals surface area contributed by atoms with Crippen LogP contribution < -0.4 is 0 Å². The minimum absolute atomic E-state index is 0.116. The van der Waals surface area contributed by atoms with Crippen molar-refractivity contribution in [3.05, 3.63) is 22.8 Å². The number of aliphatic carboxylic acids is 1. The Morgan fingerprint density at radius 3 is 2.40 bits per heavy atom. The topological polar surface area (TPSA) is 71.4 Å². The van der Waals surface area contributed by atoms with E-state index in [1.807, 2.05) is 0 Å². The minimum Gasteiger partial charge on any atom is -0.481 e. The monoisotopic (exact) mass is 208 g/mol. The molecule has 1 aliphatic rings. The fourth-order valence-electron chi connectivity index (χ4n) is 1.36. The van der Waals surface area contributed by atoms with Gasteiger partial charge in [0, 0.05) is 23.1 Å². The van der Waals surface area contributed by atoms with Crippen LogP contribution in [-0.4, -0.2) is 22.6 Å². The Hall–Kier alpha value is -1.71. The predicted molar refractivity (Wildman–Crippen MR) is 53.3 cm³/mol. The van der Waals surface area contributed by atoms with Crippen molar-refractivity contribution in [3.8, 4) is 0 Å². The number of ketones is 2. The molecule has 0 fully saturated rings. The van der Waals surface area contributed by atoms with Crippen molar-refractivity contribution in [2.75, 3.05) is 0 Å². The Labute approximate surface area is 87.3 Å². The van der Waals surface area contributed by atoms with E-state index < -0.39 is 5.97 Å². The maximum atomic E-state index is 11.6. The first-order chi connectivity index (χ1) is 6.93. The number of hydrogen-bond donors (Lipinski definition) is 1. The lowest BCUT2D eigenvalue weighted by atomic mass is 9.89. The van der Waals surface area contributed by atoms with Crippen LogP contribution in [0.2, 0.25) is 0 Å². The molecule has 1 aliphatic carbocycles. The molecule has 0 aromatic carbocycles. The fourth-order valence-corrected chi connectivity index (χ4v) is 1.36. The summed E-state index contributed by atoms with van der Waals surface area (Å²) in [7, 11) is 0. The van der Waals surface area contributed by atoms with Gasteiger partial charge in [0.15, 0.2) is 11.6 Å². The first kappa shape index (κ1) is 11.4. The Morgan fingerprint density at radius 2 is 1.87 bits per heavy atom. The van der Waals surface area contributed by atoms with Gasteiger partial charge in [-0.2, -0.15) is 0 Å². The first-order valence-electron chi connectivity index (χ1n) is 4.62. The summed E-state index contributed by atoms with van der Waals surface area (Å²) >= 11 is 0. The van der Waals surface area contributed by atoms with Crippen LogP contribution in [0, 0.1) is 0 Å². The van der Waals surface area contributed by atoms with Crippen molar-refractivity contribution in [2.45, 2.75) is 26.7 Å². The standard InChI is InChI=1S/C11H12O4/c1-6-7(2)11(15)8(5-9(6)12)3-4-10(13)14/h5H,3-4H2,1-2H3,(H,13,14). The molecule has 0 aliphatic heterocycles. The fraction of sp³-hybridized carbons (Fsp3) is 0.364. The molecule has 0 aromatic rings. The maximum Gasteiger partial charge on any atom is 0.303 e. The van der Waals surface area contributed by atoms with Crippen LogP contribution in [0.15, 0.2) is 22.8 Å². The summed E-state index contributed by atoms with van der Waals surface area (Å²) in [6.07, 6.45) is 1.23. The van der Waals surface area contributed by atoms with Gasteiger partial charge >= 0.3 is 5.97 Å². The summed E-state index contributed by atoms with van der Waals surface area (Å²) in [5.41, 5.74) is 1.16. The van der Waals surface area contributed by atoms with Crippen molar-refractivity contribution in [2.24, 2.45) is 0 Å². The van der Waals surface area contributed by atoms with Gasteiger partial charge in [0.05, 0.1) is 0 Å². The zero-order valence-electron chi connectivity index (χ0n) is 8.66. The highest BCUT2D eigenvalue weighted by Crippen LogP contribution is 2.21. The zero-order valence-corrected chi connectivity index (χ0v) is 8.66. The number of carbonyl (C=O) groups excluding carboxylic acids is 2. The second-order valence-electron chi connectivity index (χ2n) is 3.51. The average Bonchev–Trinajstić information content (AvgIpc) is 2.18. The van der Waals surface area contributed by atoms with Gasteiger partial charge in [-0.3, -0.25) is 14.4 Å². The van der Waals surface area contributed by atoms with E-state index in [4.69, 9.17) is 5.11 Å². The zero-order chi connectivity index (χ0) is 11.6. The molecule has 4 heteroatoms. The summed E-state index contributed by atoms with van der Waals surface area (Å²) < 4.78 is 0. The highest BCUT2D eigenvalue weighted by atomic mass is 16.4. The normalized spacial score (nSPS) is 16.8. The largest absolute Gasteiger partial charge is 0.481 e. The number of allylic oxidation sites excluding steroid dienone is 4. The third kappa shape index (κ3) is 2.40. The third-order valence-electron chi connectivity index (χ3n) is 2.48. The number of hydrogen-bond acceptors (Lipinski definition) is 3. The van der Waals surface area contributed by atoms with Crippen LogP contribution in [0.25, 0.3) is 0 Å². The van der Waals surface area contributed by atoms with Gasteiger partial charge < -0.3 is 5.11 Å². The Balaban J connectivity index is 2.85. The molecular weight excluding hydrogens is 196 g/mol. The van der Waals surface area contributed by atoms with Gasteiger partial charge in [-0.05, 0) is 26.3 Å².